The van der Waals surface area contributed by atoms with Gasteiger partial charge in [0, 0.05) is 17.8 Å². The Labute approximate surface area is 139 Å². The lowest BCUT2D eigenvalue weighted by Gasteiger charge is -2.17. The Bertz CT molecular complexity index is 510. The molecule has 0 fully saturated rings. The third-order valence-corrected chi connectivity index (χ3v) is 3.61. The van der Waals surface area contributed by atoms with Crippen LogP contribution in [0.3, 0.4) is 0 Å². The van der Waals surface area contributed by atoms with Gasteiger partial charge in [-0.05, 0) is 44.4 Å². The van der Waals surface area contributed by atoms with Crippen molar-refractivity contribution in [2.24, 2.45) is 5.92 Å². The first-order valence-electron chi connectivity index (χ1n) is 8.19. The maximum atomic E-state index is 11.8. The SMILES string of the molecule is CC(C)NC(=O)Cc1ccc(NCC(=O)NC(C)C(C)C)cc1. The van der Waals surface area contributed by atoms with Crippen molar-refractivity contribution in [3.63, 3.8) is 0 Å². The van der Waals surface area contributed by atoms with E-state index in [0.29, 0.717) is 12.3 Å². The Morgan fingerprint density at radius 1 is 0.913 bits per heavy atom. The average Bonchev–Trinajstić information content (AvgIpc) is 2.45. The summed E-state index contributed by atoms with van der Waals surface area (Å²) in [5.74, 6) is 0.407. The fourth-order valence-corrected chi connectivity index (χ4v) is 1.95. The summed E-state index contributed by atoms with van der Waals surface area (Å²) < 4.78 is 0. The van der Waals surface area contributed by atoms with Gasteiger partial charge < -0.3 is 16.0 Å². The van der Waals surface area contributed by atoms with Crippen LogP contribution >= 0.6 is 0 Å². The average molecular weight is 319 g/mol. The number of hydrogen-bond donors (Lipinski definition) is 3. The largest absolute Gasteiger partial charge is 0.376 e. The van der Waals surface area contributed by atoms with Gasteiger partial charge in [0.25, 0.3) is 0 Å². The van der Waals surface area contributed by atoms with Gasteiger partial charge in [-0.2, -0.15) is 0 Å². The minimum absolute atomic E-state index is 0.0164. The Balaban J connectivity index is 2.42. The highest BCUT2D eigenvalue weighted by molar-refractivity contribution is 5.81. The quantitative estimate of drug-likeness (QED) is 0.689. The maximum Gasteiger partial charge on any atom is 0.239 e. The van der Waals surface area contributed by atoms with Crippen molar-refractivity contribution in [2.45, 2.75) is 53.1 Å². The minimum Gasteiger partial charge on any atom is -0.376 e. The fraction of sp³-hybridized carbons (Fsp3) is 0.556. The second-order valence-corrected chi connectivity index (χ2v) is 6.55. The predicted octanol–water partition coefficient (Wildman–Crippen LogP) is 2.33. The number of anilines is 1. The van der Waals surface area contributed by atoms with Crippen molar-refractivity contribution >= 4 is 17.5 Å². The first kappa shape index (κ1) is 19.0. The second kappa shape index (κ2) is 9.18. The Morgan fingerprint density at radius 3 is 2.04 bits per heavy atom. The molecule has 0 saturated carbocycles. The van der Waals surface area contributed by atoms with Crippen molar-refractivity contribution in [1.82, 2.24) is 10.6 Å². The Kier molecular flexibility index (Phi) is 7.59. The molecule has 0 spiro atoms. The molecule has 1 atom stereocenters. The number of carbonyl (C=O) groups excluding carboxylic acids is 2. The molecule has 0 saturated heterocycles. The van der Waals surface area contributed by atoms with Crippen LogP contribution in [0.1, 0.15) is 40.2 Å². The second-order valence-electron chi connectivity index (χ2n) is 6.55. The highest BCUT2D eigenvalue weighted by Crippen LogP contribution is 2.10. The van der Waals surface area contributed by atoms with Gasteiger partial charge in [0.15, 0.2) is 0 Å². The first-order valence-corrected chi connectivity index (χ1v) is 8.19. The van der Waals surface area contributed by atoms with Crippen LogP contribution in [0.5, 0.6) is 0 Å². The van der Waals surface area contributed by atoms with Gasteiger partial charge in [0.1, 0.15) is 0 Å². The number of rotatable bonds is 8. The molecule has 0 radical (unpaired) electrons. The zero-order valence-electron chi connectivity index (χ0n) is 14.8. The normalized spacial score (nSPS) is 12.1. The highest BCUT2D eigenvalue weighted by atomic mass is 16.2. The van der Waals surface area contributed by atoms with Crippen molar-refractivity contribution in [3.8, 4) is 0 Å². The van der Waals surface area contributed by atoms with E-state index in [2.05, 4.69) is 29.8 Å². The molecule has 1 rings (SSSR count). The molecule has 5 heteroatoms. The molecule has 0 aliphatic rings. The molecule has 23 heavy (non-hydrogen) atoms. The van der Waals surface area contributed by atoms with Gasteiger partial charge in [-0.1, -0.05) is 26.0 Å². The van der Waals surface area contributed by atoms with E-state index in [1.54, 1.807) is 0 Å². The molecular formula is C18H29N3O2. The lowest BCUT2D eigenvalue weighted by molar-refractivity contribution is -0.121. The number of hydrogen-bond acceptors (Lipinski definition) is 3. The van der Waals surface area contributed by atoms with Gasteiger partial charge in [-0.15, -0.1) is 0 Å². The summed E-state index contributed by atoms with van der Waals surface area (Å²) in [5.41, 5.74) is 1.82. The molecular weight excluding hydrogens is 290 g/mol. The molecule has 1 unspecified atom stereocenters. The molecule has 128 valence electrons. The smallest absolute Gasteiger partial charge is 0.239 e. The Morgan fingerprint density at radius 2 is 1.52 bits per heavy atom. The zero-order valence-corrected chi connectivity index (χ0v) is 14.8. The molecule has 1 aromatic rings. The van der Waals surface area contributed by atoms with Crippen LogP contribution in [0.25, 0.3) is 0 Å². The maximum absolute atomic E-state index is 11.8. The van der Waals surface area contributed by atoms with Gasteiger partial charge >= 0.3 is 0 Å². The first-order chi connectivity index (χ1) is 10.8. The number of nitrogens with one attached hydrogen (secondary N) is 3. The summed E-state index contributed by atoms with van der Waals surface area (Å²) in [7, 11) is 0. The van der Waals surface area contributed by atoms with Crippen LogP contribution in [0.15, 0.2) is 24.3 Å². The van der Waals surface area contributed by atoms with Gasteiger partial charge in [0.2, 0.25) is 11.8 Å². The molecule has 1 aromatic carbocycles. The molecule has 0 heterocycles. The number of amides is 2. The summed E-state index contributed by atoms with van der Waals surface area (Å²) in [6, 6.07) is 7.88. The van der Waals surface area contributed by atoms with E-state index in [-0.39, 0.29) is 30.4 Å². The molecule has 0 aliphatic heterocycles. The Hall–Kier alpha value is -2.04. The summed E-state index contributed by atoms with van der Waals surface area (Å²) >= 11 is 0. The standard InChI is InChI=1S/C18H29N3O2/c1-12(2)14(5)21-18(23)11-19-16-8-6-15(7-9-16)10-17(22)20-13(3)4/h6-9,12-14,19H,10-11H2,1-5H3,(H,20,22)(H,21,23). The van der Waals surface area contributed by atoms with Crippen LogP contribution < -0.4 is 16.0 Å². The molecule has 0 bridgehead atoms. The molecule has 0 aliphatic carbocycles. The van der Waals surface area contributed by atoms with E-state index in [9.17, 15) is 9.59 Å². The van der Waals surface area contributed by atoms with E-state index in [4.69, 9.17) is 0 Å². The summed E-state index contributed by atoms with van der Waals surface area (Å²) in [5, 5.41) is 8.91. The van der Waals surface area contributed by atoms with E-state index >= 15 is 0 Å². The summed E-state index contributed by atoms with van der Waals surface area (Å²) in [6.07, 6.45) is 0.366. The zero-order chi connectivity index (χ0) is 17.4. The predicted molar refractivity (Wildman–Crippen MR) is 94.4 cm³/mol. The van der Waals surface area contributed by atoms with Crippen LogP contribution in [-0.2, 0) is 16.0 Å². The van der Waals surface area contributed by atoms with E-state index < -0.39 is 0 Å². The highest BCUT2D eigenvalue weighted by Gasteiger charge is 2.10. The lowest BCUT2D eigenvalue weighted by atomic mass is 10.1. The molecule has 2 amide bonds. The lowest BCUT2D eigenvalue weighted by Crippen LogP contribution is -2.39. The van der Waals surface area contributed by atoms with E-state index in [1.807, 2.05) is 45.0 Å². The molecule has 0 aromatic heterocycles. The third-order valence-electron chi connectivity index (χ3n) is 3.61. The van der Waals surface area contributed by atoms with Crippen LogP contribution in [-0.4, -0.2) is 30.4 Å². The van der Waals surface area contributed by atoms with Gasteiger partial charge in [-0.25, -0.2) is 0 Å². The van der Waals surface area contributed by atoms with Crippen molar-refractivity contribution < 1.29 is 9.59 Å². The van der Waals surface area contributed by atoms with Gasteiger partial charge in [-0.3, -0.25) is 9.59 Å². The van der Waals surface area contributed by atoms with Gasteiger partial charge in [0.05, 0.1) is 13.0 Å². The summed E-state index contributed by atoms with van der Waals surface area (Å²) in [4.78, 5) is 23.5. The van der Waals surface area contributed by atoms with Crippen LogP contribution in [0.4, 0.5) is 5.69 Å². The minimum atomic E-state index is -0.0217. The summed E-state index contributed by atoms with van der Waals surface area (Å²) in [6.45, 7) is 10.3. The van der Waals surface area contributed by atoms with Crippen molar-refractivity contribution in [3.05, 3.63) is 29.8 Å². The van der Waals surface area contributed by atoms with E-state index in [0.717, 1.165) is 11.3 Å². The number of carbonyl (C=O) groups is 2. The fourth-order valence-electron chi connectivity index (χ4n) is 1.95. The van der Waals surface area contributed by atoms with Crippen LogP contribution in [0, 0.1) is 5.92 Å². The molecule has 5 nitrogen and oxygen atoms in total. The molecule has 3 N–H and O–H groups in total. The van der Waals surface area contributed by atoms with Crippen LogP contribution in [0.2, 0.25) is 0 Å². The van der Waals surface area contributed by atoms with E-state index in [1.165, 1.54) is 0 Å². The third kappa shape index (κ3) is 7.68. The monoisotopic (exact) mass is 319 g/mol. The van der Waals surface area contributed by atoms with Crippen molar-refractivity contribution in [2.75, 3.05) is 11.9 Å². The number of benzene rings is 1. The topological polar surface area (TPSA) is 70.2 Å². The van der Waals surface area contributed by atoms with Crippen molar-refractivity contribution in [1.29, 1.82) is 0 Å².